The summed E-state index contributed by atoms with van der Waals surface area (Å²) in [7, 11) is 0. The molecule has 3 heteroatoms. The predicted octanol–water partition coefficient (Wildman–Crippen LogP) is 17.0. The van der Waals surface area contributed by atoms with E-state index in [4.69, 9.17) is 0 Å². The van der Waals surface area contributed by atoms with E-state index in [2.05, 4.69) is 242 Å². The molecule has 0 aliphatic rings. The quantitative estimate of drug-likeness (QED) is 0.159. The molecule has 300 valence electrons. The Bertz CT molecular complexity index is 3430. The molecule has 0 saturated heterocycles. The summed E-state index contributed by atoms with van der Waals surface area (Å²) in [6.45, 7) is 8.81. The van der Waals surface area contributed by atoms with Gasteiger partial charge in [0.1, 0.15) is 0 Å². The Balaban J connectivity index is 1.12. The van der Waals surface area contributed by atoms with Crippen molar-refractivity contribution in [2.24, 2.45) is 0 Å². The second-order valence-electron chi connectivity index (χ2n) is 17.2. The van der Waals surface area contributed by atoms with Gasteiger partial charge in [-0.05, 0) is 168 Å². The lowest BCUT2D eigenvalue weighted by Gasteiger charge is -2.28. The molecule has 2 aromatic heterocycles. The van der Waals surface area contributed by atoms with Crippen LogP contribution in [0, 0.1) is 27.7 Å². The maximum atomic E-state index is 2.54. The van der Waals surface area contributed by atoms with Crippen molar-refractivity contribution in [1.29, 1.82) is 0 Å². The third kappa shape index (κ3) is 5.88. The van der Waals surface area contributed by atoms with Crippen LogP contribution < -0.4 is 9.80 Å². The van der Waals surface area contributed by atoms with E-state index in [-0.39, 0.29) is 0 Å². The highest BCUT2D eigenvalue weighted by Gasteiger charge is 2.23. The predicted molar refractivity (Wildman–Crippen MR) is 270 cm³/mol. The fourth-order valence-corrected chi connectivity index (χ4v) is 10.2. The van der Waals surface area contributed by atoms with Crippen LogP contribution in [0.2, 0.25) is 0 Å². The lowest BCUT2D eigenvalue weighted by molar-refractivity contribution is 1.23. The number of hydrogen-bond acceptors (Lipinski definition) is 2. The largest absolute Gasteiger partial charge is 0.310 e. The van der Waals surface area contributed by atoms with Crippen molar-refractivity contribution in [2.45, 2.75) is 27.7 Å². The molecule has 0 aliphatic carbocycles. The van der Waals surface area contributed by atoms with Crippen LogP contribution in [0.15, 0.2) is 200 Å². The normalized spacial score (nSPS) is 11.8. The SMILES string of the molecule is Cc1ccccc1N(c1ccc2cc3c4cc(-c5ccccc5)cc5c6cc7ccc(N(c8ccccc8C)c8ccccc8C)cc7cc6n(c3cc2c1)c45)c1ccccc1C. The maximum absolute atomic E-state index is 2.54. The summed E-state index contributed by atoms with van der Waals surface area (Å²) in [6.07, 6.45) is 0. The topological polar surface area (TPSA) is 10.9 Å². The maximum Gasteiger partial charge on any atom is 0.0620 e. The number of rotatable bonds is 7. The van der Waals surface area contributed by atoms with E-state index in [1.54, 1.807) is 0 Å². The van der Waals surface area contributed by atoms with Crippen LogP contribution in [-0.2, 0) is 0 Å². The number of fused-ring (bicyclic) bond motifs is 8. The molecule has 0 spiro atoms. The average Bonchev–Trinajstić information content (AvgIpc) is 3.80. The van der Waals surface area contributed by atoms with Gasteiger partial charge in [-0.3, -0.25) is 0 Å². The van der Waals surface area contributed by atoms with Gasteiger partial charge < -0.3 is 14.2 Å². The van der Waals surface area contributed by atoms with Gasteiger partial charge in [0.2, 0.25) is 0 Å². The zero-order valence-electron chi connectivity index (χ0n) is 35.9. The fraction of sp³-hybridized carbons (Fsp3) is 0.0667. The Labute approximate surface area is 367 Å². The molecule has 63 heavy (non-hydrogen) atoms. The van der Waals surface area contributed by atoms with E-state index in [0.717, 1.165) is 11.4 Å². The molecular formula is C60H45N3. The summed E-state index contributed by atoms with van der Waals surface area (Å²) in [5, 5.41) is 9.96. The highest BCUT2D eigenvalue weighted by molar-refractivity contribution is 6.27. The molecule has 2 heterocycles. The Morgan fingerprint density at radius 2 is 0.683 bits per heavy atom. The van der Waals surface area contributed by atoms with Crippen LogP contribution in [0.4, 0.5) is 34.1 Å². The Hall–Kier alpha value is -7.88. The monoisotopic (exact) mass is 807 g/mol. The number of aryl methyl sites for hydroxylation is 4. The third-order valence-electron chi connectivity index (χ3n) is 13.3. The van der Waals surface area contributed by atoms with Crippen LogP contribution in [0.3, 0.4) is 0 Å². The highest BCUT2D eigenvalue weighted by atomic mass is 15.2. The van der Waals surface area contributed by atoms with Gasteiger partial charge in [-0.2, -0.15) is 0 Å². The van der Waals surface area contributed by atoms with E-state index in [1.807, 2.05) is 0 Å². The first-order chi connectivity index (χ1) is 30.9. The van der Waals surface area contributed by atoms with Crippen molar-refractivity contribution in [2.75, 3.05) is 9.80 Å². The molecule has 0 unspecified atom stereocenters. The van der Waals surface area contributed by atoms with Crippen molar-refractivity contribution in [3.63, 3.8) is 0 Å². The third-order valence-corrected chi connectivity index (χ3v) is 13.3. The number of hydrogen-bond donors (Lipinski definition) is 0. The molecule has 0 saturated carbocycles. The molecule has 3 nitrogen and oxygen atoms in total. The van der Waals surface area contributed by atoms with Crippen molar-refractivity contribution in [3.8, 4) is 11.1 Å². The second kappa shape index (κ2) is 14.4. The molecule has 12 aromatic rings. The van der Waals surface area contributed by atoms with Gasteiger partial charge in [-0.1, -0.05) is 115 Å². The standard InChI is InChI=1S/C60H45N3/c1-38-16-8-12-22-54(38)61(55-23-13-9-17-39(55)2)48-28-26-43-32-50-52-34-47(42-20-6-5-7-21-42)35-53-51-33-44-27-29-49(31-46(44)37-59(51)63(60(52)53)58(50)36-45(43)30-48)62(56-24-14-10-18-40(56)3)57-25-15-11-19-41(57)4/h5-37H,1-4H3. The van der Waals surface area contributed by atoms with E-state index >= 15 is 0 Å². The molecule has 12 rings (SSSR count). The van der Waals surface area contributed by atoms with Gasteiger partial charge in [0.25, 0.3) is 0 Å². The summed E-state index contributed by atoms with van der Waals surface area (Å²) in [6, 6.07) is 74.1. The molecule has 0 aliphatic heterocycles. The first-order valence-electron chi connectivity index (χ1n) is 21.9. The van der Waals surface area contributed by atoms with Gasteiger partial charge in [0.15, 0.2) is 0 Å². The van der Waals surface area contributed by atoms with Crippen molar-refractivity contribution in [3.05, 3.63) is 222 Å². The first-order valence-corrected chi connectivity index (χ1v) is 21.9. The Morgan fingerprint density at radius 1 is 0.302 bits per heavy atom. The molecule has 0 fully saturated rings. The molecule has 0 amide bonds. The van der Waals surface area contributed by atoms with Gasteiger partial charge in [-0.25, -0.2) is 0 Å². The first kappa shape index (κ1) is 36.9. The zero-order valence-corrected chi connectivity index (χ0v) is 35.9. The Morgan fingerprint density at radius 3 is 1.08 bits per heavy atom. The molecule has 0 bridgehead atoms. The van der Waals surface area contributed by atoms with E-state index in [1.165, 1.54) is 116 Å². The number of anilines is 6. The molecule has 0 N–H and O–H groups in total. The second-order valence-corrected chi connectivity index (χ2v) is 17.2. The van der Waals surface area contributed by atoms with E-state index in [0.29, 0.717) is 0 Å². The van der Waals surface area contributed by atoms with Gasteiger partial charge in [0, 0.05) is 55.7 Å². The summed E-state index contributed by atoms with van der Waals surface area (Å²) in [5.41, 5.74) is 18.1. The van der Waals surface area contributed by atoms with Crippen molar-refractivity contribution < 1.29 is 0 Å². The van der Waals surface area contributed by atoms with E-state index < -0.39 is 0 Å². The minimum absolute atomic E-state index is 1.14. The minimum atomic E-state index is 1.14. The smallest absolute Gasteiger partial charge is 0.0620 e. The van der Waals surface area contributed by atoms with E-state index in [9.17, 15) is 0 Å². The molecular weight excluding hydrogens is 763 g/mol. The van der Waals surface area contributed by atoms with Crippen LogP contribution in [-0.4, -0.2) is 4.40 Å². The summed E-state index contributed by atoms with van der Waals surface area (Å²) < 4.78 is 2.54. The number of aromatic nitrogens is 1. The lowest BCUT2D eigenvalue weighted by Crippen LogP contribution is -2.12. The molecule has 0 radical (unpaired) electrons. The molecule has 10 aromatic carbocycles. The summed E-state index contributed by atoms with van der Waals surface area (Å²) in [5.74, 6) is 0. The summed E-state index contributed by atoms with van der Waals surface area (Å²) in [4.78, 5) is 4.84. The lowest BCUT2D eigenvalue weighted by atomic mass is 9.97. The Kier molecular flexibility index (Phi) is 8.42. The average molecular weight is 808 g/mol. The number of nitrogens with zero attached hydrogens (tertiary/aromatic N) is 3. The fourth-order valence-electron chi connectivity index (χ4n) is 10.2. The summed E-state index contributed by atoms with van der Waals surface area (Å²) >= 11 is 0. The number of benzene rings is 10. The van der Waals surface area contributed by atoms with Gasteiger partial charge >= 0.3 is 0 Å². The van der Waals surface area contributed by atoms with Gasteiger partial charge in [-0.15, -0.1) is 0 Å². The van der Waals surface area contributed by atoms with Gasteiger partial charge in [0.05, 0.1) is 16.6 Å². The van der Waals surface area contributed by atoms with Crippen LogP contribution in [0.5, 0.6) is 0 Å². The van der Waals surface area contributed by atoms with Crippen LogP contribution >= 0.6 is 0 Å². The molecule has 0 atom stereocenters. The zero-order chi connectivity index (χ0) is 42.3. The van der Waals surface area contributed by atoms with Crippen molar-refractivity contribution >= 4 is 93.8 Å². The van der Waals surface area contributed by atoms with Crippen LogP contribution in [0.25, 0.3) is 70.8 Å². The number of para-hydroxylation sites is 4. The van der Waals surface area contributed by atoms with Crippen molar-refractivity contribution in [1.82, 2.24) is 4.40 Å². The highest BCUT2D eigenvalue weighted by Crippen LogP contribution is 2.46. The minimum Gasteiger partial charge on any atom is -0.310 e. The van der Waals surface area contributed by atoms with Crippen LogP contribution in [0.1, 0.15) is 22.3 Å².